The van der Waals surface area contributed by atoms with E-state index in [-0.39, 0.29) is 24.0 Å². The van der Waals surface area contributed by atoms with Crippen LogP contribution in [-0.2, 0) is 4.74 Å². The second-order valence-corrected chi connectivity index (χ2v) is 7.18. The molecule has 0 radical (unpaired) electrons. The molecule has 5 nitrogen and oxygen atoms in total. The highest BCUT2D eigenvalue weighted by atomic mass is 127. The zero-order valence-corrected chi connectivity index (χ0v) is 18.1. The Labute approximate surface area is 165 Å². The minimum absolute atomic E-state index is 0. The van der Waals surface area contributed by atoms with Crippen LogP contribution in [0.4, 0.5) is 0 Å². The zero-order valence-electron chi connectivity index (χ0n) is 15.7. The molecule has 24 heavy (non-hydrogen) atoms. The molecule has 0 aromatic carbocycles. The molecule has 142 valence electrons. The molecule has 2 rings (SSSR count). The fraction of sp³-hybridized carbons (Fsp3) is 0.944. The fourth-order valence-corrected chi connectivity index (χ4v) is 3.53. The van der Waals surface area contributed by atoms with E-state index in [2.05, 4.69) is 34.4 Å². The maximum Gasteiger partial charge on any atom is 0.191 e. The van der Waals surface area contributed by atoms with E-state index in [0.29, 0.717) is 18.2 Å². The van der Waals surface area contributed by atoms with Gasteiger partial charge in [0.05, 0.1) is 6.10 Å². The summed E-state index contributed by atoms with van der Waals surface area (Å²) < 4.78 is 5.90. The smallest absolute Gasteiger partial charge is 0.191 e. The lowest BCUT2D eigenvalue weighted by molar-refractivity contribution is 0.0574. The van der Waals surface area contributed by atoms with Crippen molar-refractivity contribution in [1.82, 2.24) is 15.5 Å². The van der Waals surface area contributed by atoms with Crippen LogP contribution in [0.1, 0.15) is 58.8 Å². The van der Waals surface area contributed by atoms with Crippen LogP contribution < -0.4 is 10.6 Å². The Morgan fingerprint density at radius 3 is 2.42 bits per heavy atom. The average molecular weight is 452 g/mol. The van der Waals surface area contributed by atoms with Gasteiger partial charge in [0.15, 0.2) is 5.96 Å². The number of likely N-dealkylation sites (tertiary alicyclic amines) is 1. The number of nitrogens with one attached hydrogen (secondary N) is 2. The monoisotopic (exact) mass is 452 g/mol. The molecule has 1 saturated carbocycles. The summed E-state index contributed by atoms with van der Waals surface area (Å²) in [7, 11) is 1.85. The molecule has 1 aliphatic carbocycles. The lowest BCUT2D eigenvalue weighted by Gasteiger charge is -2.35. The molecule has 0 spiro atoms. The summed E-state index contributed by atoms with van der Waals surface area (Å²) in [4.78, 5) is 6.90. The van der Waals surface area contributed by atoms with Crippen LogP contribution in [0.15, 0.2) is 4.99 Å². The maximum absolute atomic E-state index is 5.90. The van der Waals surface area contributed by atoms with Crippen molar-refractivity contribution in [3.05, 3.63) is 0 Å². The maximum atomic E-state index is 5.90. The van der Waals surface area contributed by atoms with Gasteiger partial charge in [0.25, 0.3) is 0 Å². The molecule has 6 heteroatoms. The van der Waals surface area contributed by atoms with Crippen molar-refractivity contribution in [2.75, 3.05) is 33.3 Å². The van der Waals surface area contributed by atoms with Crippen molar-refractivity contribution in [1.29, 1.82) is 0 Å². The van der Waals surface area contributed by atoms with E-state index < -0.39 is 0 Å². The second-order valence-electron chi connectivity index (χ2n) is 7.18. The predicted molar refractivity (Wildman–Crippen MR) is 112 cm³/mol. The number of hydrogen-bond acceptors (Lipinski definition) is 3. The van der Waals surface area contributed by atoms with Gasteiger partial charge in [0.2, 0.25) is 0 Å². The Bertz CT molecular complexity index is 351. The summed E-state index contributed by atoms with van der Waals surface area (Å²) in [6, 6.07) is 1.21. The number of hydrogen-bond donors (Lipinski definition) is 2. The van der Waals surface area contributed by atoms with Crippen molar-refractivity contribution in [2.45, 2.75) is 77.0 Å². The molecule has 2 fully saturated rings. The Morgan fingerprint density at radius 1 is 1.17 bits per heavy atom. The first-order chi connectivity index (χ1) is 11.2. The molecule has 0 aromatic heterocycles. The van der Waals surface area contributed by atoms with Crippen molar-refractivity contribution in [2.24, 2.45) is 4.99 Å². The fourth-order valence-electron chi connectivity index (χ4n) is 3.53. The zero-order chi connectivity index (χ0) is 16.5. The second kappa shape index (κ2) is 12.3. The summed E-state index contributed by atoms with van der Waals surface area (Å²) in [5, 5.41) is 6.99. The van der Waals surface area contributed by atoms with Crippen LogP contribution >= 0.6 is 24.0 Å². The number of nitrogens with zero attached hydrogens (tertiary/aromatic N) is 2. The molecule has 1 heterocycles. The Kier molecular flexibility index (Phi) is 11.3. The number of rotatable bonds is 7. The van der Waals surface area contributed by atoms with Gasteiger partial charge in [-0.2, -0.15) is 0 Å². The lowest BCUT2D eigenvalue weighted by atomic mass is 10.0. The lowest BCUT2D eigenvalue weighted by Crippen LogP contribution is -2.50. The number of halogens is 1. The van der Waals surface area contributed by atoms with Crippen LogP contribution in [0, 0.1) is 0 Å². The van der Waals surface area contributed by atoms with Gasteiger partial charge in [0.1, 0.15) is 0 Å². The number of ether oxygens (including phenoxy) is 1. The molecule has 0 aromatic rings. The van der Waals surface area contributed by atoms with Crippen molar-refractivity contribution >= 4 is 29.9 Å². The van der Waals surface area contributed by atoms with Crippen LogP contribution in [0.25, 0.3) is 0 Å². The van der Waals surface area contributed by atoms with Crippen molar-refractivity contribution in [3.8, 4) is 0 Å². The largest absolute Gasteiger partial charge is 0.378 e. The number of aliphatic imine (C=N–C) groups is 1. The van der Waals surface area contributed by atoms with E-state index in [1.807, 2.05) is 7.05 Å². The Morgan fingerprint density at radius 2 is 1.83 bits per heavy atom. The summed E-state index contributed by atoms with van der Waals surface area (Å²) in [6.45, 7) is 8.71. The summed E-state index contributed by atoms with van der Waals surface area (Å²) >= 11 is 0. The summed E-state index contributed by atoms with van der Waals surface area (Å²) in [5.74, 6) is 0.939. The Hall–Kier alpha value is -0.0800. The SMILES string of the molecule is CN=C(NCCCOC1CCCC1)NC1CCN(C(C)C)CC1.I. The summed E-state index contributed by atoms with van der Waals surface area (Å²) in [5.41, 5.74) is 0. The molecule has 2 aliphatic rings. The van der Waals surface area contributed by atoms with Crippen LogP contribution in [-0.4, -0.2) is 62.3 Å². The number of piperidine rings is 1. The van der Waals surface area contributed by atoms with Crippen LogP contribution in [0.5, 0.6) is 0 Å². The summed E-state index contributed by atoms with van der Waals surface area (Å²) in [6.07, 6.45) is 9.16. The normalized spacial score (nSPS) is 21.1. The first-order valence-electron chi connectivity index (χ1n) is 9.52. The molecule has 0 atom stereocenters. The minimum atomic E-state index is 0. The van der Waals surface area contributed by atoms with E-state index in [1.165, 1.54) is 51.6 Å². The predicted octanol–water partition coefficient (Wildman–Crippen LogP) is 2.99. The van der Waals surface area contributed by atoms with Crippen molar-refractivity contribution in [3.63, 3.8) is 0 Å². The molecule has 0 bridgehead atoms. The van der Waals surface area contributed by atoms with Gasteiger partial charge in [-0.15, -0.1) is 24.0 Å². The molecule has 1 aliphatic heterocycles. The topological polar surface area (TPSA) is 48.9 Å². The highest BCUT2D eigenvalue weighted by Crippen LogP contribution is 2.20. The highest BCUT2D eigenvalue weighted by molar-refractivity contribution is 14.0. The molecule has 2 N–H and O–H groups in total. The quantitative estimate of drug-likeness (QED) is 0.270. The van der Waals surface area contributed by atoms with Gasteiger partial charge in [0, 0.05) is 45.4 Å². The molecule has 0 amide bonds. The third kappa shape index (κ3) is 7.87. The van der Waals surface area contributed by atoms with Gasteiger partial charge in [-0.1, -0.05) is 12.8 Å². The van der Waals surface area contributed by atoms with E-state index in [4.69, 9.17) is 4.74 Å². The number of guanidine groups is 1. The van der Waals surface area contributed by atoms with Crippen molar-refractivity contribution < 1.29 is 4.74 Å². The van der Waals surface area contributed by atoms with Gasteiger partial charge >= 0.3 is 0 Å². The molecular formula is C18H37IN4O. The third-order valence-corrected chi connectivity index (χ3v) is 5.09. The van der Waals surface area contributed by atoms with Crippen LogP contribution in [0.2, 0.25) is 0 Å². The molecular weight excluding hydrogens is 415 g/mol. The average Bonchev–Trinajstić information content (AvgIpc) is 3.07. The van der Waals surface area contributed by atoms with Gasteiger partial charge < -0.3 is 20.3 Å². The first-order valence-corrected chi connectivity index (χ1v) is 9.52. The third-order valence-electron chi connectivity index (χ3n) is 5.09. The van der Waals surface area contributed by atoms with Gasteiger partial charge in [-0.3, -0.25) is 4.99 Å². The minimum Gasteiger partial charge on any atom is -0.378 e. The van der Waals surface area contributed by atoms with E-state index in [1.54, 1.807) is 0 Å². The van der Waals surface area contributed by atoms with Gasteiger partial charge in [-0.25, -0.2) is 0 Å². The van der Waals surface area contributed by atoms with E-state index in [0.717, 1.165) is 25.5 Å². The van der Waals surface area contributed by atoms with E-state index in [9.17, 15) is 0 Å². The molecule has 1 saturated heterocycles. The van der Waals surface area contributed by atoms with Crippen LogP contribution in [0.3, 0.4) is 0 Å². The van der Waals surface area contributed by atoms with E-state index >= 15 is 0 Å². The van der Waals surface area contributed by atoms with Gasteiger partial charge in [-0.05, 0) is 46.0 Å². The Balaban J connectivity index is 0.00000288. The molecule has 0 unspecified atom stereocenters. The first kappa shape index (κ1) is 22.0. The standard InChI is InChI=1S/C18H36N4O.HI/c1-15(2)22-12-9-16(10-13-22)21-18(19-3)20-11-6-14-23-17-7-4-5-8-17;/h15-17H,4-14H2,1-3H3,(H2,19,20,21);1H. The highest BCUT2D eigenvalue weighted by Gasteiger charge is 2.21.